The van der Waals surface area contributed by atoms with Gasteiger partial charge in [-0.2, -0.15) is 9.67 Å². The Morgan fingerprint density at radius 1 is 1.06 bits per heavy atom. The molecular formula is C26H32N8O. The molecule has 35 heavy (non-hydrogen) atoms. The van der Waals surface area contributed by atoms with Crippen molar-refractivity contribution >= 4 is 22.7 Å². The number of rotatable bonds is 4. The highest BCUT2D eigenvalue weighted by Gasteiger charge is 2.23. The van der Waals surface area contributed by atoms with Crippen molar-refractivity contribution in [2.75, 3.05) is 18.9 Å². The Kier molecular flexibility index (Phi) is 5.67. The van der Waals surface area contributed by atoms with Crippen LogP contribution in [-0.2, 0) is 18.4 Å². The lowest BCUT2D eigenvalue weighted by atomic mass is 9.92. The average molecular weight is 473 g/mol. The average Bonchev–Trinajstić information content (AvgIpc) is 3.10. The van der Waals surface area contributed by atoms with Crippen LogP contribution in [0.2, 0.25) is 0 Å². The Hall–Kier alpha value is -3.59. The van der Waals surface area contributed by atoms with Crippen molar-refractivity contribution in [1.29, 1.82) is 0 Å². The van der Waals surface area contributed by atoms with E-state index in [9.17, 15) is 4.79 Å². The van der Waals surface area contributed by atoms with E-state index in [1.54, 1.807) is 21.8 Å². The van der Waals surface area contributed by atoms with E-state index in [-0.39, 0.29) is 17.0 Å². The van der Waals surface area contributed by atoms with Crippen molar-refractivity contribution in [2.24, 2.45) is 0 Å². The highest BCUT2D eigenvalue weighted by Crippen LogP contribution is 2.25. The van der Waals surface area contributed by atoms with Gasteiger partial charge in [0.05, 0.1) is 5.69 Å². The molecule has 1 aliphatic heterocycles. The first kappa shape index (κ1) is 23.2. The smallest absolute Gasteiger partial charge is 0.278 e. The Labute approximate surface area is 204 Å². The standard InChI is InChI=1S/C26H32N8O/c1-16(2)33-23(35)20-14-28-24(29-19-8-7-18-15-32(6)12-10-17(18)13-19)31-22(20)34(33)25-27-11-9-21(30-25)26(3,4)5/h7-9,11,13-14,16H,10,12,15H2,1-6H3,(H,28,29,31). The molecular weight excluding hydrogens is 440 g/mol. The van der Waals surface area contributed by atoms with Crippen LogP contribution < -0.4 is 10.9 Å². The van der Waals surface area contributed by atoms with Gasteiger partial charge in [-0.3, -0.25) is 4.79 Å². The fourth-order valence-electron chi connectivity index (χ4n) is 4.49. The molecule has 0 spiro atoms. The van der Waals surface area contributed by atoms with Crippen LogP contribution in [0.15, 0.2) is 41.5 Å². The number of hydrogen-bond donors (Lipinski definition) is 1. The summed E-state index contributed by atoms with van der Waals surface area (Å²) in [6, 6.07) is 8.16. The molecule has 9 heteroatoms. The van der Waals surface area contributed by atoms with Gasteiger partial charge in [0.2, 0.25) is 5.95 Å². The van der Waals surface area contributed by atoms with Gasteiger partial charge >= 0.3 is 0 Å². The number of likely N-dealkylation sites (N-methyl/N-ethyl adjacent to an activating group) is 1. The molecule has 0 saturated carbocycles. The number of nitrogens with one attached hydrogen (secondary N) is 1. The van der Waals surface area contributed by atoms with Crippen LogP contribution >= 0.6 is 0 Å². The zero-order valence-corrected chi connectivity index (χ0v) is 21.2. The van der Waals surface area contributed by atoms with Gasteiger partial charge in [0.25, 0.3) is 11.5 Å². The van der Waals surface area contributed by atoms with E-state index in [2.05, 4.69) is 60.1 Å². The van der Waals surface area contributed by atoms with E-state index in [1.807, 2.05) is 26.0 Å². The van der Waals surface area contributed by atoms with Crippen molar-refractivity contribution in [1.82, 2.24) is 34.2 Å². The molecule has 0 saturated heterocycles. The summed E-state index contributed by atoms with van der Waals surface area (Å²) in [5.41, 5.74) is 4.65. The number of nitrogens with zero attached hydrogens (tertiary/aromatic N) is 7. The van der Waals surface area contributed by atoms with Gasteiger partial charge < -0.3 is 10.2 Å². The number of benzene rings is 1. The lowest BCUT2D eigenvalue weighted by molar-refractivity contribution is 0.313. The monoisotopic (exact) mass is 472 g/mol. The molecule has 1 aliphatic rings. The summed E-state index contributed by atoms with van der Waals surface area (Å²) in [5, 5.41) is 3.76. The SMILES string of the molecule is CC(C)n1c(=O)c2cnc(Nc3ccc4c(c3)CCN(C)C4)nc2n1-c1nccc(C(C)(C)C)n1. The van der Waals surface area contributed by atoms with Crippen LogP contribution in [0.3, 0.4) is 0 Å². The topological polar surface area (TPSA) is 93.8 Å². The second kappa shape index (κ2) is 8.57. The lowest BCUT2D eigenvalue weighted by Crippen LogP contribution is -2.26. The zero-order chi connectivity index (χ0) is 24.9. The van der Waals surface area contributed by atoms with Gasteiger partial charge in [0, 0.05) is 42.6 Å². The minimum Gasteiger partial charge on any atom is -0.324 e. The van der Waals surface area contributed by atoms with Crippen molar-refractivity contribution < 1.29 is 0 Å². The predicted octanol–water partition coefficient (Wildman–Crippen LogP) is 3.98. The minimum absolute atomic E-state index is 0.117. The molecule has 1 N–H and O–H groups in total. The number of fused-ring (bicyclic) bond motifs is 2. The van der Waals surface area contributed by atoms with Crippen molar-refractivity contribution in [3.8, 4) is 5.95 Å². The molecule has 0 unspecified atom stereocenters. The number of hydrogen-bond acceptors (Lipinski definition) is 7. The van der Waals surface area contributed by atoms with Crippen molar-refractivity contribution in [2.45, 2.75) is 59.0 Å². The van der Waals surface area contributed by atoms with E-state index in [0.29, 0.717) is 22.9 Å². The quantitative estimate of drug-likeness (QED) is 0.480. The van der Waals surface area contributed by atoms with E-state index < -0.39 is 0 Å². The Morgan fingerprint density at radius 3 is 2.60 bits per heavy atom. The van der Waals surface area contributed by atoms with E-state index >= 15 is 0 Å². The summed E-state index contributed by atoms with van der Waals surface area (Å²) in [4.78, 5) is 34.1. The van der Waals surface area contributed by atoms with Crippen molar-refractivity contribution in [3.63, 3.8) is 0 Å². The van der Waals surface area contributed by atoms with Crippen LogP contribution in [0.25, 0.3) is 17.0 Å². The van der Waals surface area contributed by atoms with Crippen LogP contribution in [-0.4, -0.2) is 47.8 Å². The van der Waals surface area contributed by atoms with Crippen molar-refractivity contribution in [3.05, 3.63) is 63.8 Å². The summed E-state index contributed by atoms with van der Waals surface area (Å²) in [6.45, 7) is 12.2. The fourth-order valence-corrected chi connectivity index (χ4v) is 4.49. The third-order valence-corrected chi connectivity index (χ3v) is 6.38. The number of anilines is 2. The Balaban J connectivity index is 1.60. The summed E-state index contributed by atoms with van der Waals surface area (Å²) < 4.78 is 3.35. The molecule has 4 heterocycles. The molecule has 0 amide bonds. The molecule has 0 bridgehead atoms. The van der Waals surface area contributed by atoms with Gasteiger partial charge in [-0.05, 0) is 56.6 Å². The van der Waals surface area contributed by atoms with E-state index in [0.717, 1.165) is 30.9 Å². The second-order valence-corrected chi connectivity index (χ2v) is 10.6. The third-order valence-electron chi connectivity index (χ3n) is 6.38. The third kappa shape index (κ3) is 4.32. The van der Waals surface area contributed by atoms with Gasteiger partial charge in [0.15, 0.2) is 5.65 Å². The van der Waals surface area contributed by atoms with Gasteiger partial charge in [-0.25, -0.2) is 19.6 Å². The molecule has 1 aromatic carbocycles. The Bertz CT molecular complexity index is 1460. The van der Waals surface area contributed by atoms with Gasteiger partial charge in [0.1, 0.15) is 5.39 Å². The summed E-state index contributed by atoms with van der Waals surface area (Å²) in [5.74, 6) is 0.841. The zero-order valence-electron chi connectivity index (χ0n) is 21.2. The van der Waals surface area contributed by atoms with Crippen LogP contribution in [0.4, 0.5) is 11.6 Å². The molecule has 0 radical (unpaired) electrons. The molecule has 0 atom stereocenters. The second-order valence-electron chi connectivity index (χ2n) is 10.6. The number of aromatic nitrogens is 6. The first-order valence-electron chi connectivity index (χ1n) is 12.0. The first-order chi connectivity index (χ1) is 16.6. The maximum Gasteiger partial charge on any atom is 0.278 e. The highest BCUT2D eigenvalue weighted by molar-refractivity contribution is 5.76. The Morgan fingerprint density at radius 2 is 1.86 bits per heavy atom. The predicted molar refractivity (Wildman–Crippen MR) is 138 cm³/mol. The maximum absolute atomic E-state index is 13.3. The van der Waals surface area contributed by atoms with Gasteiger partial charge in [-0.15, -0.1) is 0 Å². The normalized spacial score (nSPS) is 14.5. The fraction of sp³-hybridized carbons (Fsp3) is 0.423. The highest BCUT2D eigenvalue weighted by atomic mass is 16.1. The first-order valence-corrected chi connectivity index (χ1v) is 12.0. The lowest BCUT2D eigenvalue weighted by Gasteiger charge is -2.25. The molecule has 182 valence electrons. The minimum atomic E-state index is -0.163. The molecule has 0 fully saturated rings. The van der Waals surface area contributed by atoms with Crippen LogP contribution in [0.1, 0.15) is 57.5 Å². The summed E-state index contributed by atoms with van der Waals surface area (Å²) in [7, 11) is 2.14. The summed E-state index contributed by atoms with van der Waals surface area (Å²) >= 11 is 0. The molecule has 3 aromatic heterocycles. The van der Waals surface area contributed by atoms with E-state index in [1.165, 1.54) is 11.1 Å². The molecule has 5 rings (SSSR count). The maximum atomic E-state index is 13.3. The molecule has 0 aliphatic carbocycles. The largest absolute Gasteiger partial charge is 0.324 e. The van der Waals surface area contributed by atoms with Gasteiger partial charge in [-0.1, -0.05) is 26.8 Å². The van der Waals surface area contributed by atoms with E-state index in [4.69, 9.17) is 9.97 Å². The summed E-state index contributed by atoms with van der Waals surface area (Å²) in [6.07, 6.45) is 4.33. The molecule has 9 nitrogen and oxygen atoms in total. The van der Waals surface area contributed by atoms with Crippen LogP contribution in [0.5, 0.6) is 0 Å². The molecule has 4 aromatic rings. The van der Waals surface area contributed by atoms with Crippen LogP contribution in [0, 0.1) is 0 Å².